The van der Waals surface area contributed by atoms with E-state index in [2.05, 4.69) is 5.32 Å². The van der Waals surface area contributed by atoms with Crippen LogP contribution in [-0.4, -0.2) is 23.4 Å². The molecule has 0 spiro atoms. The van der Waals surface area contributed by atoms with E-state index in [4.69, 9.17) is 5.11 Å². The summed E-state index contributed by atoms with van der Waals surface area (Å²) in [5.41, 5.74) is 1.37. The van der Waals surface area contributed by atoms with Gasteiger partial charge < -0.3 is 10.4 Å². The molecule has 2 N–H and O–H groups in total. The molecule has 1 rings (SSSR count). The molecule has 1 aromatic rings. The Hall–Kier alpha value is -2.36. The van der Waals surface area contributed by atoms with Crippen LogP contribution in [0.3, 0.4) is 0 Å². The molecular weight excluding hydrogens is 242 g/mol. The Labute approximate surface area is 112 Å². The van der Waals surface area contributed by atoms with Crippen molar-refractivity contribution in [1.82, 2.24) is 0 Å². The maximum absolute atomic E-state index is 10.8. The number of nitrogens with one attached hydrogen (secondary N) is 1. The summed E-state index contributed by atoms with van der Waals surface area (Å²) in [5.74, 6) is -0.868. The molecule has 1 aromatic carbocycles. The van der Waals surface area contributed by atoms with Crippen LogP contribution in [0.2, 0.25) is 0 Å². The molecular formula is C15H17NO3. The summed E-state index contributed by atoms with van der Waals surface area (Å²) >= 11 is 0. The first-order chi connectivity index (χ1) is 9.15. The molecule has 4 heteroatoms. The molecule has 0 amide bonds. The lowest BCUT2D eigenvalue weighted by Gasteiger charge is -2.14. The molecule has 0 saturated carbocycles. The van der Waals surface area contributed by atoms with Gasteiger partial charge >= 0.3 is 5.97 Å². The Balaban J connectivity index is 2.74. The predicted octanol–water partition coefficient (Wildman–Crippen LogP) is 2.89. The van der Waals surface area contributed by atoms with Crippen LogP contribution in [0, 0.1) is 0 Å². The van der Waals surface area contributed by atoms with Gasteiger partial charge in [-0.25, -0.2) is 0 Å². The van der Waals surface area contributed by atoms with Gasteiger partial charge in [-0.1, -0.05) is 24.3 Å². The van der Waals surface area contributed by atoms with E-state index in [-0.39, 0.29) is 12.5 Å². The molecule has 0 aliphatic heterocycles. The molecule has 0 saturated heterocycles. The minimum absolute atomic E-state index is 0.0104. The number of hydrogen-bond acceptors (Lipinski definition) is 3. The highest BCUT2D eigenvalue weighted by Gasteiger charge is 2.09. The molecule has 19 heavy (non-hydrogen) atoms. The van der Waals surface area contributed by atoms with Crippen LogP contribution >= 0.6 is 0 Å². The van der Waals surface area contributed by atoms with Crippen molar-refractivity contribution >= 4 is 17.9 Å². The number of carboxylic acid groups (broad SMARTS) is 1. The summed E-state index contributed by atoms with van der Waals surface area (Å²) in [7, 11) is 0. The van der Waals surface area contributed by atoms with E-state index in [1.54, 1.807) is 36.4 Å². The van der Waals surface area contributed by atoms with Gasteiger partial charge in [0, 0.05) is 11.3 Å². The molecule has 0 aliphatic rings. The van der Waals surface area contributed by atoms with Gasteiger partial charge in [-0.05, 0) is 31.2 Å². The number of aliphatic carboxylic acids is 1. The Morgan fingerprint density at radius 3 is 2.53 bits per heavy atom. The molecule has 0 fully saturated rings. The number of hydrogen-bond donors (Lipinski definition) is 2. The van der Waals surface area contributed by atoms with Gasteiger partial charge in [0.15, 0.2) is 0 Å². The predicted molar refractivity (Wildman–Crippen MR) is 75.4 cm³/mol. The summed E-state index contributed by atoms with van der Waals surface area (Å²) in [6, 6.07) is 6.58. The Morgan fingerprint density at radius 1 is 1.32 bits per heavy atom. The minimum Gasteiger partial charge on any atom is -0.481 e. The fraction of sp³-hybridized carbons (Fsp3) is 0.200. The average molecular weight is 259 g/mol. The van der Waals surface area contributed by atoms with E-state index < -0.39 is 5.97 Å². The number of aldehydes is 1. The van der Waals surface area contributed by atoms with Gasteiger partial charge in [-0.2, -0.15) is 0 Å². The van der Waals surface area contributed by atoms with Gasteiger partial charge in [-0.15, -0.1) is 0 Å². The molecule has 0 aliphatic carbocycles. The molecule has 1 atom stereocenters. The standard InChI is InChI=1S/C15H17NO3/c1-2-3-4-5-14(10-15(18)19)16-13-8-6-12(11-17)7-9-13/h2-9,11,14,16H,10H2,1H3,(H,18,19)/b3-2+,5-4+. The summed E-state index contributed by atoms with van der Waals surface area (Å²) < 4.78 is 0. The van der Waals surface area contributed by atoms with E-state index in [0.717, 1.165) is 12.0 Å². The van der Waals surface area contributed by atoms with Crippen LogP contribution in [0.25, 0.3) is 0 Å². The fourth-order valence-corrected chi connectivity index (χ4v) is 1.54. The number of allylic oxidation sites excluding steroid dienone is 3. The smallest absolute Gasteiger partial charge is 0.305 e. The quantitative estimate of drug-likeness (QED) is 0.583. The van der Waals surface area contributed by atoms with Crippen molar-refractivity contribution in [1.29, 1.82) is 0 Å². The topological polar surface area (TPSA) is 66.4 Å². The van der Waals surface area contributed by atoms with Crippen LogP contribution in [0.1, 0.15) is 23.7 Å². The largest absolute Gasteiger partial charge is 0.481 e. The first-order valence-electron chi connectivity index (χ1n) is 5.98. The fourth-order valence-electron chi connectivity index (χ4n) is 1.54. The van der Waals surface area contributed by atoms with Crippen molar-refractivity contribution in [2.45, 2.75) is 19.4 Å². The highest BCUT2D eigenvalue weighted by molar-refractivity contribution is 5.75. The SMILES string of the molecule is C/C=C/C=C/C(CC(=O)O)Nc1ccc(C=O)cc1. The molecule has 0 radical (unpaired) electrons. The van der Waals surface area contributed by atoms with Crippen molar-refractivity contribution in [2.75, 3.05) is 5.32 Å². The molecule has 4 nitrogen and oxygen atoms in total. The Bertz CT molecular complexity index is 475. The zero-order valence-electron chi connectivity index (χ0n) is 10.7. The maximum Gasteiger partial charge on any atom is 0.305 e. The van der Waals surface area contributed by atoms with Crippen molar-refractivity contribution in [3.05, 3.63) is 54.1 Å². The van der Waals surface area contributed by atoms with Crippen LogP contribution in [-0.2, 0) is 4.79 Å². The maximum atomic E-state index is 10.8. The summed E-state index contributed by atoms with van der Waals surface area (Å²) in [4.78, 5) is 21.3. The van der Waals surface area contributed by atoms with Crippen molar-refractivity contribution in [3.63, 3.8) is 0 Å². The summed E-state index contributed by atoms with van der Waals surface area (Å²) in [6.45, 7) is 1.89. The van der Waals surface area contributed by atoms with Crippen LogP contribution < -0.4 is 5.32 Å². The highest BCUT2D eigenvalue weighted by Crippen LogP contribution is 2.12. The van der Waals surface area contributed by atoms with Gasteiger partial charge in [-0.3, -0.25) is 9.59 Å². The van der Waals surface area contributed by atoms with E-state index in [9.17, 15) is 9.59 Å². The molecule has 0 aromatic heterocycles. The second kappa shape index (κ2) is 7.87. The average Bonchev–Trinajstić information content (AvgIpc) is 2.39. The minimum atomic E-state index is -0.868. The number of anilines is 1. The van der Waals surface area contributed by atoms with Gasteiger partial charge in [0.05, 0.1) is 12.5 Å². The highest BCUT2D eigenvalue weighted by atomic mass is 16.4. The van der Waals surface area contributed by atoms with E-state index >= 15 is 0 Å². The molecule has 0 heterocycles. The third-order valence-electron chi connectivity index (χ3n) is 2.44. The van der Waals surface area contributed by atoms with Gasteiger partial charge in [0.1, 0.15) is 6.29 Å². The number of benzene rings is 1. The van der Waals surface area contributed by atoms with Crippen LogP contribution in [0.4, 0.5) is 5.69 Å². The van der Waals surface area contributed by atoms with Gasteiger partial charge in [0.25, 0.3) is 0 Å². The zero-order valence-corrected chi connectivity index (χ0v) is 10.7. The number of rotatable bonds is 7. The Kier molecular flexibility index (Phi) is 6.09. The third-order valence-corrected chi connectivity index (χ3v) is 2.44. The first kappa shape index (κ1) is 14.7. The molecule has 0 bridgehead atoms. The van der Waals surface area contributed by atoms with Crippen molar-refractivity contribution in [3.8, 4) is 0 Å². The van der Waals surface area contributed by atoms with Crippen LogP contribution in [0.5, 0.6) is 0 Å². The van der Waals surface area contributed by atoms with Crippen molar-refractivity contribution in [2.24, 2.45) is 0 Å². The Morgan fingerprint density at radius 2 is 2.00 bits per heavy atom. The number of carbonyl (C=O) groups is 2. The lowest BCUT2D eigenvalue weighted by Crippen LogP contribution is -2.20. The lowest BCUT2D eigenvalue weighted by molar-refractivity contribution is -0.137. The molecule has 1 unspecified atom stereocenters. The lowest BCUT2D eigenvalue weighted by atomic mass is 10.1. The molecule has 100 valence electrons. The summed E-state index contributed by atoms with van der Waals surface area (Å²) in [6.07, 6.45) is 8.06. The van der Waals surface area contributed by atoms with Gasteiger partial charge in [0.2, 0.25) is 0 Å². The summed E-state index contributed by atoms with van der Waals surface area (Å²) in [5, 5.41) is 12.0. The van der Waals surface area contributed by atoms with E-state index in [0.29, 0.717) is 5.56 Å². The van der Waals surface area contributed by atoms with Crippen LogP contribution in [0.15, 0.2) is 48.6 Å². The monoisotopic (exact) mass is 259 g/mol. The second-order valence-electron chi connectivity index (χ2n) is 4.00. The zero-order chi connectivity index (χ0) is 14.1. The first-order valence-corrected chi connectivity index (χ1v) is 5.98. The second-order valence-corrected chi connectivity index (χ2v) is 4.00. The number of carbonyl (C=O) groups excluding carboxylic acids is 1. The normalized spacial score (nSPS) is 12.7. The van der Waals surface area contributed by atoms with Crippen molar-refractivity contribution < 1.29 is 14.7 Å². The number of carboxylic acids is 1. The van der Waals surface area contributed by atoms with E-state index in [1.807, 2.05) is 19.1 Å². The van der Waals surface area contributed by atoms with E-state index in [1.165, 1.54) is 0 Å². The third kappa shape index (κ3) is 5.68.